The van der Waals surface area contributed by atoms with E-state index in [1.54, 1.807) is 0 Å². The molecule has 9 saturated carbocycles. The van der Waals surface area contributed by atoms with Crippen molar-refractivity contribution >= 4 is 200 Å². The number of hydrogen-bond acceptors (Lipinski definition) is 28. The number of fused-ring (bicyclic) bond motifs is 8. The smallest absolute Gasteiger partial charge is 0.373 e. The van der Waals surface area contributed by atoms with Gasteiger partial charge < -0.3 is 53.1 Å². The maximum absolute atomic E-state index is 7.20. The second kappa shape index (κ2) is 43.0. The van der Waals surface area contributed by atoms with Crippen LogP contribution in [0.1, 0.15) is 303 Å². The molecule has 12 atom stereocenters. The highest BCUT2D eigenvalue weighted by atomic mass is 33.7. The topological polar surface area (TPSA) is 111 Å². The van der Waals surface area contributed by atoms with Gasteiger partial charge in [0.05, 0.1) is 0 Å². The lowest BCUT2D eigenvalue weighted by Gasteiger charge is -2.53. The van der Waals surface area contributed by atoms with Gasteiger partial charge in [-0.3, -0.25) is 0 Å². The molecule has 12 unspecified atom stereocenters. The highest BCUT2D eigenvalue weighted by Crippen LogP contribution is 2.82. The van der Waals surface area contributed by atoms with Crippen molar-refractivity contribution in [2.24, 2.45) is 45.3 Å². The van der Waals surface area contributed by atoms with Crippen LogP contribution in [0.15, 0.2) is 0 Å². The van der Waals surface area contributed by atoms with Gasteiger partial charge in [-0.15, -0.1) is 0 Å². The Kier molecular flexibility index (Phi) is 38.8. The second-order valence-electron chi connectivity index (χ2n) is 30.6. The van der Waals surface area contributed by atoms with Gasteiger partial charge in [0.2, 0.25) is 0 Å². The Morgan fingerprint density at radius 3 is 0.558 bits per heavy atom. The van der Waals surface area contributed by atoms with Gasteiger partial charge in [-0.25, -0.2) is 0 Å². The van der Waals surface area contributed by atoms with E-state index in [2.05, 4.69) is 236 Å². The van der Waals surface area contributed by atoms with Crippen LogP contribution in [0.2, 0.25) is 0 Å². The largest absolute Gasteiger partial charge is 0.519 e. The van der Waals surface area contributed by atoms with E-state index in [-0.39, 0.29) is 47.3 Å². The molecule has 9 fully saturated rings. The molecular weight excluding hydrogens is 1680 g/mol. The summed E-state index contributed by atoms with van der Waals surface area (Å²) in [7, 11) is 20.7. The summed E-state index contributed by atoms with van der Waals surface area (Å²) in [5.74, 6) is 2.60. The molecule has 0 aliphatic heterocycles. The fraction of sp³-hybridized carbons (Fsp3) is 1.00. The molecule has 12 nitrogen and oxygen atoms in total. The van der Waals surface area contributed by atoms with Crippen molar-refractivity contribution in [3.63, 3.8) is 0 Å². The van der Waals surface area contributed by atoms with E-state index in [1.165, 1.54) is 128 Å². The van der Waals surface area contributed by atoms with E-state index in [0.29, 0.717) is 103 Å². The van der Waals surface area contributed by atoms with Crippen molar-refractivity contribution < 1.29 is 53.1 Å². The summed E-state index contributed by atoms with van der Waals surface area (Å²) >= 11 is 0. The quantitative estimate of drug-likeness (QED) is 0.0249. The molecule has 9 aliphatic carbocycles. The van der Waals surface area contributed by atoms with Crippen LogP contribution in [0.4, 0.5) is 0 Å². The molecule has 32 heteroatoms. The third-order valence-corrected chi connectivity index (χ3v) is 79.4. The van der Waals surface area contributed by atoms with Crippen molar-refractivity contribution in [2.75, 3.05) is 79.3 Å². The van der Waals surface area contributed by atoms with Crippen LogP contribution in [0.3, 0.4) is 0 Å². The fourth-order valence-electron chi connectivity index (χ4n) is 21.9. The number of hydrogen-bond donors (Lipinski definition) is 0. The Morgan fingerprint density at radius 1 is 0.221 bits per heavy atom. The predicted octanol–water partition coefficient (Wildman–Crippen LogP) is 27.7. The molecule has 0 aromatic rings. The average molecular weight is 1820 g/mol. The second-order valence-corrected chi connectivity index (χ2v) is 68.9. The lowest BCUT2D eigenvalue weighted by molar-refractivity contribution is 0.0347. The zero-order valence-electron chi connectivity index (χ0n) is 66.4. The lowest BCUT2D eigenvalue weighted by atomic mass is 9.80. The number of rotatable bonds is 52. The van der Waals surface area contributed by atoms with E-state index in [4.69, 9.17) is 53.1 Å². The third-order valence-electron chi connectivity index (χ3n) is 26.1. The molecule has 0 heterocycles. The van der Waals surface area contributed by atoms with E-state index < -0.39 is 35.2 Å². The fourth-order valence-corrected chi connectivity index (χ4v) is 86.5. The van der Waals surface area contributed by atoms with Crippen LogP contribution in [-0.4, -0.2) is 140 Å². The molecule has 8 bridgehead atoms. The molecule has 608 valence electrons. The minimum absolute atomic E-state index is 0.0790. The van der Waals surface area contributed by atoms with Crippen LogP contribution < -0.4 is 0 Å². The molecule has 0 saturated heterocycles. The maximum Gasteiger partial charge on any atom is 0.519 e. The van der Waals surface area contributed by atoms with Gasteiger partial charge in [0.25, 0.3) is 0 Å². The first-order valence-corrected chi connectivity index (χ1v) is 67.0. The minimum atomic E-state index is -3.29. The summed E-state index contributed by atoms with van der Waals surface area (Å²) in [5.41, 5.74) is 0.316. The Bertz CT molecular complexity index is 2190. The molecule has 0 amide bonds. The monoisotopic (exact) mass is 1820 g/mol. The van der Waals surface area contributed by atoms with Crippen molar-refractivity contribution in [2.45, 2.75) is 329 Å². The molecule has 9 rings (SSSR count). The van der Waals surface area contributed by atoms with Crippen LogP contribution in [0, 0.1) is 45.3 Å². The molecule has 0 spiro atoms. The van der Waals surface area contributed by atoms with Crippen LogP contribution in [0.5, 0.6) is 0 Å². The Hall–Kier alpha value is 5.99. The van der Waals surface area contributed by atoms with Gasteiger partial charge in [0, 0.05) is 79.3 Å². The molecule has 104 heavy (non-hydrogen) atoms. The van der Waals surface area contributed by atoms with Gasteiger partial charge in [-0.1, -0.05) is 165 Å². The predicted molar refractivity (Wildman–Crippen MR) is 485 cm³/mol. The highest BCUT2D eigenvalue weighted by molar-refractivity contribution is 9.31. The summed E-state index contributed by atoms with van der Waals surface area (Å²) in [4.78, 5) is 0. The van der Waals surface area contributed by atoms with Gasteiger partial charge in [0.1, 0.15) is 25.6 Å². The lowest BCUT2D eigenvalue weighted by Crippen LogP contribution is -2.68. The summed E-state index contributed by atoms with van der Waals surface area (Å²) in [6.07, 6.45) is 35.8. The molecular formula is C72H136O12S16Si4. The maximum atomic E-state index is 7.20. The van der Waals surface area contributed by atoms with Gasteiger partial charge in [0.15, 0.2) is 0 Å². The van der Waals surface area contributed by atoms with E-state index in [0.717, 1.165) is 64.2 Å². The molecule has 0 aromatic carbocycles. The van der Waals surface area contributed by atoms with Crippen molar-refractivity contribution in [3.8, 4) is 0 Å². The van der Waals surface area contributed by atoms with Crippen molar-refractivity contribution in [3.05, 3.63) is 0 Å². The Balaban J connectivity index is 1.19. The molecule has 0 aromatic heterocycles. The summed E-state index contributed by atoms with van der Waals surface area (Å²) in [6.45, 7) is 42.8. The highest BCUT2D eigenvalue weighted by Gasteiger charge is 2.80. The van der Waals surface area contributed by atoms with Crippen LogP contribution in [0.25, 0.3) is 0 Å². The third kappa shape index (κ3) is 18.0. The van der Waals surface area contributed by atoms with Gasteiger partial charge in [-0.2, -0.15) is 0 Å². The summed E-state index contributed by atoms with van der Waals surface area (Å²) in [5, 5.41) is 0. The first-order valence-electron chi connectivity index (χ1n) is 40.9. The van der Waals surface area contributed by atoms with E-state index >= 15 is 0 Å². The molecule has 9 aliphatic rings. The summed E-state index contributed by atoms with van der Waals surface area (Å²) < 4.78 is 84.6. The van der Waals surface area contributed by atoms with E-state index in [1.807, 2.05) is 39.3 Å². The Labute approximate surface area is 699 Å². The zero-order chi connectivity index (χ0) is 74.8. The zero-order valence-corrected chi connectivity index (χ0v) is 83.5. The standard InChI is InChI=1S/C72H136O12S16Si4/c1-17-63-47-41-59(51-63)55-69(63,101(73-21-5,74-22-6)75-23-7)89-97-93-85-67(86-94-98-90-70(56-60-42-48-64(70,18-2)52-60)102(76-24-8,77-25-9)78-26-10)45-39-37-35-33-34-36-38-40-46-68(67,87-95-99-91-71(57-61-43-49-65(71,19-3)53-61)103(79-27-11,80-28-12)81-29-13)88-96-100-92-72(58-62-44-50-66(72,20-4)54-62)104(82-30-14,83-31-15)84-32-16/h59-62H,17-58H2,1-16H3. The SMILES string of the molecule is CCO[Si](OCC)(OCC)C1(SSSSC2(SSSSC3([Si](OCC)(OCC)OCC)CC4CCC3(CC)C4)CCCCCCCCCCC2(SSSSC2([Si](OCC)(OCC)OCC)CC3CCC2(CC)C3)SSSSC2([Si](OCC)(OCC)OCC)CC3CCC2(CC)C3)CC2CCC1(CC)C2. The summed E-state index contributed by atoms with van der Waals surface area (Å²) in [6, 6.07) is 0. The molecule has 0 radical (unpaired) electrons. The minimum Gasteiger partial charge on any atom is -0.373 e. The van der Waals surface area contributed by atoms with E-state index in [9.17, 15) is 0 Å². The first kappa shape index (κ1) is 93.8. The van der Waals surface area contributed by atoms with Gasteiger partial charge in [-0.05, 0) is 348 Å². The Morgan fingerprint density at radius 2 is 0.394 bits per heavy atom. The van der Waals surface area contributed by atoms with Crippen molar-refractivity contribution in [1.29, 1.82) is 0 Å². The van der Waals surface area contributed by atoms with Crippen LogP contribution >= 0.6 is 165 Å². The van der Waals surface area contributed by atoms with Gasteiger partial charge >= 0.3 is 35.2 Å². The average Bonchev–Trinajstić information content (AvgIpc) is 1.54. The normalized spacial score (nSPS) is 36.0. The molecule has 0 N–H and O–H groups in total. The first-order chi connectivity index (χ1) is 50.4. The van der Waals surface area contributed by atoms with Crippen molar-refractivity contribution in [1.82, 2.24) is 0 Å². The van der Waals surface area contributed by atoms with Crippen LogP contribution in [-0.2, 0) is 53.1 Å².